The molecule has 18 heavy (non-hydrogen) atoms. The predicted octanol–water partition coefficient (Wildman–Crippen LogP) is 2.35. The minimum absolute atomic E-state index is 0.297. The second-order valence-electron chi connectivity index (χ2n) is 5.78. The smallest absolute Gasteiger partial charge is 0.124 e. The van der Waals surface area contributed by atoms with E-state index in [0.717, 1.165) is 22.4 Å². The van der Waals surface area contributed by atoms with E-state index in [1.165, 1.54) is 0 Å². The van der Waals surface area contributed by atoms with E-state index in [1.807, 2.05) is 27.7 Å². The monoisotopic (exact) mass is 250 g/mol. The van der Waals surface area contributed by atoms with Gasteiger partial charge in [0.2, 0.25) is 0 Å². The van der Waals surface area contributed by atoms with E-state index in [2.05, 4.69) is 12.1 Å². The molecule has 0 saturated carbocycles. The van der Waals surface area contributed by atoms with Crippen molar-refractivity contribution in [2.45, 2.75) is 38.7 Å². The van der Waals surface area contributed by atoms with Gasteiger partial charge in [-0.1, -0.05) is 12.1 Å². The molecule has 0 atom stereocenters. The number of benzene rings is 1. The normalized spacial score (nSPS) is 18.3. The molecule has 1 heterocycles. The van der Waals surface area contributed by atoms with Crippen LogP contribution in [0.25, 0.3) is 0 Å². The largest absolute Gasteiger partial charge is 0.496 e. The molecule has 1 fully saturated rings. The molecule has 1 aliphatic heterocycles. The van der Waals surface area contributed by atoms with Crippen LogP contribution in [0.3, 0.4) is 0 Å². The van der Waals surface area contributed by atoms with Gasteiger partial charge in [-0.3, -0.25) is 0 Å². The first-order valence-corrected chi connectivity index (χ1v) is 6.28. The Morgan fingerprint density at radius 3 is 2.00 bits per heavy atom. The predicted molar refractivity (Wildman–Crippen MR) is 71.3 cm³/mol. The van der Waals surface area contributed by atoms with E-state index in [0.29, 0.717) is 13.2 Å². The Morgan fingerprint density at radius 1 is 1.22 bits per heavy atom. The van der Waals surface area contributed by atoms with Gasteiger partial charge in [0.25, 0.3) is 0 Å². The second kappa shape index (κ2) is 4.25. The van der Waals surface area contributed by atoms with Crippen LogP contribution < -0.4 is 4.74 Å². The van der Waals surface area contributed by atoms with Gasteiger partial charge in [0.05, 0.1) is 31.3 Å². The number of hydrogen-bond donors (Lipinski definition) is 1. The summed E-state index contributed by atoms with van der Waals surface area (Å²) in [5.41, 5.74) is 2.25. The van der Waals surface area contributed by atoms with Gasteiger partial charge in [0.1, 0.15) is 5.75 Å². The summed E-state index contributed by atoms with van der Waals surface area (Å²) < 4.78 is 10.8. The molecule has 2 rings (SSSR count). The summed E-state index contributed by atoms with van der Waals surface area (Å²) in [6.45, 7) is 8.91. The summed E-state index contributed by atoms with van der Waals surface area (Å²) in [5, 5.41) is 10.4. The van der Waals surface area contributed by atoms with Gasteiger partial charge in [-0.2, -0.15) is 0 Å². The lowest BCUT2D eigenvalue weighted by atomic mass is 9.66. The summed E-state index contributed by atoms with van der Waals surface area (Å²) in [6, 6.07) is 4.21. The second-order valence-corrected chi connectivity index (χ2v) is 5.78. The fraction of sp³-hybridized carbons (Fsp3) is 0.600. The molecule has 1 saturated heterocycles. The van der Waals surface area contributed by atoms with E-state index in [-0.39, 0.29) is 5.41 Å². The molecular weight excluding hydrogens is 228 g/mol. The molecule has 1 N–H and O–H groups in total. The van der Waals surface area contributed by atoms with Crippen molar-refractivity contribution in [3.05, 3.63) is 28.8 Å². The van der Waals surface area contributed by atoms with Crippen molar-refractivity contribution in [1.82, 2.24) is 0 Å². The van der Waals surface area contributed by atoms with E-state index in [9.17, 15) is 5.11 Å². The molecule has 100 valence electrons. The van der Waals surface area contributed by atoms with E-state index >= 15 is 0 Å². The lowest BCUT2D eigenvalue weighted by Gasteiger charge is -2.50. The van der Waals surface area contributed by atoms with Gasteiger partial charge in [-0.15, -0.1) is 0 Å². The molecule has 1 aliphatic rings. The van der Waals surface area contributed by atoms with Crippen LogP contribution in [0.4, 0.5) is 0 Å². The number of aryl methyl sites for hydroxylation is 2. The van der Waals surface area contributed by atoms with Gasteiger partial charge in [-0.05, 0) is 44.4 Å². The SMILES string of the molecule is COc1c(C)cc(C2(C(C)(C)O)COC2)cc1C. The van der Waals surface area contributed by atoms with Crippen molar-refractivity contribution in [2.24, 2.45) is 0 Å². The topological polar surface area (TPSA) is 38.7 Å². The third-order valence-corrected chi connectivity index (χ3v) is 4.09. The molecule has 3 nitrogen and oxygen atoms in total. The van der Waals surface area contributed by atoms with Crippen LogP contribution in [-0.4, -0.2) is 31.0 Å². The van der Waals surface area contributed by atoms with Gasteiger partial charge in [0, 0.05) is 0 Å². The molecule has 3 heteroatoms. The van der Waals surface area contributed by atoms with Crippen LogP contribution in [-0.2, 0) is 10.2 Å². The Morgan fingerprint density at radius 2 is 1.72 bits per heavy atom. The number of hydrogen-bond acceptors (Lipinski definition) is 3. The van der Waals surface area contributed by atoms with Crippen LogP contribution >= 0.6 is 0 Å². The van der Waals surface area contributed by atoms with E-state index < -0.39 is 5.60 Å². The fourth-order valence-electron chi connectivity index (χ4n) is 2.73. The minimum Gasteiger partial charge on any atom is -0.496 e. The first kappa shape index (κ1) is 13.4. The van der Waals surface area contributed by atoms with E-state index in [1.54, 1.807) is 7.11 Å². The molecule has 0 aliphatic carbocycles. The molecule has 0 amide bonds. The van der Waals surface area contributed by atoms with Gasteiger partial charge >= 0.3 is 0 Å². The number of aliphatic hydroxyl groups is 1. The first-order chi connectivity index (χ1) is 8.32. The zero-order chi connectivity index (χ0) is 13.6. The lowest BCUT2D eigenvalue weighted by Crippen LogP contribution is -2.60. The van der Waals surface area contributed by atoms with Crippen molar-refractivity contribution in [3.63, 3.8) is 0 Å². The van der Waals surface area contributed by atoms with Crippen LogP contribution in [0, 0.1) is 13.8 Å². The van der Waals surface area contributed by atoms with Crippen molar-refractivity contribution in [3.8, 4) is 5.75 Å². The molecule has 1 aromatic carbocycles. The van der Waals surface area contributed by atoms with Crippen LogP contribution in [0.15, 0.2) is 12.1 Å². The highest BCUT2D eigenvalue weighted by molar-refractivity contribution is 5.47. The molecule has 0 radical (unpaired) electrons. The van der Waals surface area contributed by atoms with Crippen molar-refractivity contribution in [2.75, 3.05) is 20.3 Å². The maximum atomic E-state index is 10.4. The summed E-state index contributed by atoms with van der Waals surface area (Å²) >= 11 is 0. The van der Waals surface area contributed by atoms with Crippen molar-refractivity contribution >= 4 is 0 Å². The Hall–Kier alpha value is -1.06. The zero-order valence-electron chi connectivity index (χ0n) is 11.8. The van der Waals surface area contributed by atoms with Crippen LogP contribution in [0.1, 0.15) is 30.5 Å². The van der Waals surface area contributed by atoms with Gasteiger partial charge in [-0.25, -0.2) is 0 Å². The average molecular weight is 250 g/mol. The quantitative estimate of drug-likeness (QED) is 0.895. The Balaban J connectivity index is 2.52. The summed E-state index contributed by atoms with van der Waals surface area (Å²) in [6.07, 6.45) is 0. The highest BCUT2D eigenvalue weighted by atomic mass is 16.5. The number of rotatable bonds is 3. The molecular formula is C15H22O3. The minimum atomic E-state index is -0.793. The van der Waals surface area contributed by atoms with Crippen molar-refractivity contribution in [1.29, 1.82) is 0 Å². The maximum absolute atomic E-state index is 10.4. The standard InChI is InChI=1S/C15H22O3/c1-10-6-12(7-11(2)13(10)17-5)15(8-18-9-15)14(3,4)16/h6-7,16H,8-9H2,1-5H3. The molecule has 0 bridgehead atoms. The Kier molecular flexibility index (Phi) is 3.16. The fourth-order valence-corrected chi connectivity index (χ4v) is 2.73. The van der Waals surface area contributed by atoms with E-state index in [4.69, 9.17) is 9.47 Å². The average Bonchev–Trinajstić information content (AvgIpc) is 2.12. The summed E-state index contributed by atoms with van der Waals surface area (Å²) in [7, 11) is 1.69. The molecule has 1 aromatic rings. The Labute approximate surface area is 109 Å². The van der Waals surface area contributed by atoms with Crippen molar-refractivity contribution < 1.29 is 14.6 Å². The summed E-state index contributed by atoms with van der Waals surface area (Å²) in [4.78, 5) is 0. The highest BCUT2D eigenvalue weighted by Crippen LogP contribution is 2.43. The first-order valence-electron chi connectivity index (χ1n) is 6.28. The zero-order valence-corrected chi connectivity index (χ0v) is 11.8. The number of methoxy groups -OCH3 is 1. The molecule has 0 unspecified atom stereocenters. The third kappa shape index (κ3) is 1.82. The molecule has 0 aromatic heterocycles. The highest BCUT2D eigenvalue weighted by Gasteiger charge is 2.51. The maximum Gasteiger partial charge on any atom is 0.124 e. The van der Waals surface area contributed by atoms with Crippen LogP contribution in [0.2, 0.25) is 0 Å². The lowest BCUT2D eigenvalue weighted by molar-refractivity contribution is -0.157. The molecule has 0 spiro atoms. The third-order valence-electron chi connectivity index (χ3n) is 4.09. The van der Waals surface area contributed by atoms with Gasteiger partial charge in [0.15, 0.2) is 0 Å². The Bertz CT molecular complexity index is 430. The van der Waals surface area contributed by atoms with Crippen LogP contribution in [0.5, 0.6) is 5.75 Å². The number of ether oxygens (including phenoxy) is 2. The summed E-state index contributed by atoms with van der Waals surface area (Å²) in [5.74, 6) is 0.921. The van der Waals surface area contributed by atoms with Gasteiger partial charge < -0.3 is 14.6 Å².